The highest BCUT2D eigenvalue weighted by molar-refractivity contribution is 5.90. The average molecular weight is 278 g/mol. The summed E-state index contributed by atoms with van der Waals surface area (Å²) in [7, 11) is 0. The van der Waals surface area contributed by atoms with Crippen LogP contribution in [0.2, 0.25) is 0 Å². The molecule has 1 aliphatic heterocycles. The van der Waals surface area contributed by atoms with Gasteiger partial charge in [-0.1, -0.05) is 32.4 Å². The molecule has 112 valence electrons. The van der Waals surface area contributed by atoms with E-state index in [9.17, 15) is 9.59 Å². The van der Waals surface area contributed by atoms with Gasteiger partial charge in [0.15, 0.2) is 0 Å². The Morgan fingerprint density at radius 3 is 2.65 bits per heavy atom. The van der Waals surface area contributed by atoms with E-state index in [-0.39, 0.29) is 17.2 Å². The highest BCUT2D eigenvalue weighted by atomic mass is 16.2. The normalized spacial score (nSPS) is 24.4. The van der Waals surface area contributed by atoms with Gasteiger partial charge in [-0.3, -0.25) is 9.59 Å². The van der Waals surface area contributed by atoms with E-state index in [4.69, 9.17) is 0 Å². The standard InChI is InChI=1S/C16H26N2O2/c1-16(2,3)14-15(20)18(11-9-13(19)17-14)10-8-12-6-4-5-7-12/h6,14H,4-5,7-11H2,1-3H3,(H,17,19). The molecule has 0 aromatic rings. The number of rotatable bonds is 3. The number of allylic oxidation sites excluding steroid dienone is 1. The van der Waals surface area contributed by atoms with E-state index in [2.05, 4.69) is 11.4 Å². The van der Waals surface area contributed by atoms with Gasteiger partial charge in [0, 0.05) is 19.5 Å². The third-order valence-electron chi connectivity index (χ3n) is 4.18. The maximum absolute atomic E-state index is 12.6. The van der Waals surface area contributed by atoms with Crippen LogP contribution in [0.3, 0.4) is 0 Å². The number of amides is 2. The van der Waals surface area contributed by atoms with Crippen molar-refractivity contribution in [2.45, 2.75) is 58.9 Å². The Morgan fingerprint density at radius 1 is 1.30 bits per heavy atom. The molecule has 1 aliphatic carbocycles. The van der Waals surface area contributed by atoms with Gasteiger partial charge in [-0.25, -0.2) is 0 Å². The molecule has 1 saturated heterocycles. The number of carbonyl (C=O) groups is 2. The Labute approximate surface area is 121 Å². The lowest BCUT2D eigenvalue weighted by atomic mass is 9.86. The molecular weight excluding hydrogens is 252 g/mol. The molecule has 1 atom stereocenters. The molecule has 0 spiro atoms. The summed E-state index contributed by atoms with van der Waals surface area (Å²) in [5, 5.41) is 2.88. The van der Waals surface area contributed by atoms with E-state index in [1.807, 2.05) is 25.7 Å². The van der Waals surface area contributed by atoms with Gasteiger partial charge in [0.1, 0.15) is 6.04 Å². The molecule has 20 heavy (non-hydrogen) atoms. The summed E-state index contributed by atoms with van der Waals surface area (Å²) in [4.78, 5) is 26.3. The average Bonchev–Trinajstić information content (AvgIpc) is 2.82. The predicted molar refractivity (Wildman–Crippen MR) is 79.1 cm³/mol. The first-order valence-corrected chi connectivity index (χ1v) is 7.64. The SMILES string of the molecule is CC(C)(C)C1NC(=O)CCN(CCC2=CCCC2)C1=O. The van der Waals surface area contributed by atoms with E-state index in [0.29, 0.717) is 13.0 Å². The first kappa shape index (κ1) is 15.1. The Morgan fingerprint density at radius 2 is 2.05 bits per heavy atom. The van der Waals surface area contributed by atoms with Gasteiger partial charge >= 0.3 is 0 Å². The lowest BCUT2D eigenvalue weighted by Gasteiger charge is -2.32. The summed E-state index contributed by atoms with van der Waals surface area (Å²) in [6, 6.07) is -0.407. The second-order valence-electron chi connectivity index (χ2n) is 6.95. The number of nitrogens with zero attached hydrogens (tertiary/aromatic N) is 1. The van der Waals surface area contributed by atoms with Crippen LogP contribution in [-0.2, 0) is 9.59 Å². The van der Waals surface area contributed by atoms with Gasteiger partial charge < -0.3 is 10.2 Å². The highest BCUT2D eigenvalue weighted by Gasteiger charge is 2.37. The minimum Gasteiger partial charge on any atom is -0.344 e. The van der Waals surface area contributed by atoms with Crippen molar-refractivity contribution in [3.63, 3.8) is 0 Å². The van der Waals surface area contributed by atoms with Gasteiger partial charge in [-0.15, -0.1) is 0 Å². The molecule has 0 bridgehead atoms. The van der Waals surface area contributed by atoms with Gasteiger partial charge in [-0.2, -0.15) is 0 Å². The van der Waals surface area contributed by atoms with Crippen molar-refractivity contribution >= 4 is 11.8 Å². The molecule has 0 aromatic carbocycles. The minimum absolute atomic E-state index is 0.0131. The first-order valence-electron chi connectivity index (χ1n) is 7.64. The fourth-order valence-electron chi connectivity index (χ4n) is 2.88. The quantitative estimate of drug-likeness (QED) is 0.805. The summed E-state index contributed by atoms with van der Waals surface area (Å²) >= 11 is 0. The third-order valence-corrected chi connectivity index (χ3v) is 4.18. The van der Waals surface area contributed by atoms with E-state index >= 15 is 0 Å². The van der Waals surface area contributed by atoms with Crippen molar-refractivity contribution in [3.05, 3.63) is 11.6 Å². The number of carbonyl (C=O) groups excluding carboxylic acids is 2. The molecule has 0 aromatic heterocycles. The van der Waals surface area contributed by atoms with E-state index < -0.39 is 6.04 Å². The van der Waals surface area contributed by atoms with Crippen LogP contribution < -0.4 is 5.32 Å². The van der Waals surface area contributed by atoms with Crippen LogP contribution in [-0.4, -0.2) is 35.8 Å². The molecule has 2 amide bonds. The van der Waals surface area contributed by atoms with Crippen molar-refractivity contribution in [1.82, 2.24) is 10.2 Å². The Kier molecular flexibility index (Phi) is 4.51. The van der Waals surface area contributed by atoms with Gasteiger partial charge in [0.2, 0.25) is 11.8 Å². The van der Waals surface area contributed by atoms with Gasteiger partial charge in [0.05, 0.1) is 0 Å². The van der Waals surface area contributed by atoms with Crippen LogP contribution in [0, 0.1) is 5.41 Å². The van der Waals surface area contributed by atoms with Crippen molar-refractivity contribution in [1.29, 1.82) is 0 Å². The fraction of sp³-hybridized carbons (Fsp3) is 0.750. The zero-order chi connectivity index (χ0) is 14.8. The summed E-state index contributed by atoms with van der Waals surface area (Å²) in [6.45, 7) is 7.28. The first-order chi connectivity index (χ1) is 9.38. The molecule has 4 heteroatoms. The molecule has 4 nitrogen and oxygen atoms in total. The molecule has 1 heterocycles. The maximum atomic E-state index is 12.6. The molecular formula is C16H26N2O2. The molecule has 2 rings (SSSR count). The topological polar surface area (TPSA) is 49.4 Å². The van der Waals surface area contributed by atoms with E-state index in [1.54, 1.807) is 0 Å². The minimum atomic E-state index is -0.407. The summed E-state index contributed by atoms with van der Waals surface area (Å²) in [5.41, 5.74) is 1.22. The lowest BCUT2D eigenvalue weighted by molar-refractivity contribution is -0.136. The van der Waals surface area contributed by atoms with Crippen LogP contribution in [0.5, 0.6) is 0 Å². The van der Waals surface area contributed by atoms with Crippen LogP contribution in [0.1, 0.15) is 52.9 Å². The zero-order valence-corrected chi connectivity index (χ0v) is 12.9. The molecule has 1 unspecified atom stereocenters. The van der Waals surface area contributed by atoms with Crippen molar-refractivity contribution < 1.29 is 9.59 Å². The Hall–Kier alpha value is -1.32. The fourth-order valence-corrected chi connectivity index (χ4v) is 2.88. The second-order valence-corrected chi connectivity index (χ2v) is 6.95. The third kappa shape index (κ3) is 3.62. The van der Waals surface area contributed by atoms with Crippen LogP contribution in [0.15, 0.2) is 11.6 Å². The number of hydrogen-bond donors (Lipinski definition) is 1. The maximum Gasteiger partial charge on any atom is 0.245 e. The predicted octanol–water partition coefficient (Wildman–Crippen LogP) is 2.25. The Balaban J connectivity index is 2.03. The largest absolute Gasteiger partial charge is 0.344 e. The van der Waals surface area contributed by atoms with Gasteiger partial charge in [-0.05, 0) is 31.1 Å². The van der Waals surface area contributed by atoms with Crippen molar-refractivity contribution in [2.75, 3.05) is 13.1 Å². The van der Waals surface area contributed by atoms with Crippen LogP contribution in [0.4, 0.5) is 0 Å². The van der Waals surface area contributed by atoms with Crippen LogP contribution in [0.25, 0.3) is 0 Å². The number of nitrogens with one attached hydrogen (secondary N) is 1. The zero-order valence-electron chi connectivity index (χ0n) is 12.9. The Bertz CT molecular complexity index is 421. The molecule has 1 fully saturated rings. The molecule has 2 aliphatic rings. The lowest BCUT2D eigenvalue weighted by Crippen LogP contribution is -2.52. The molecule has 0 radical (unpaired) electrons. The highest BCUT2D eigenvalue weighted by Crippen LogP contribution is 2.25. The van der Waals surface area contributed by atoms with Crippen molar-refractivity contribution in [3.8, 4) is 0 Å². The molecule has 1 N–H and O–H groups in total. The molecule has 0 saturated carbocycles. The monoisotopic (exact) mass is 278 g/mol. The summed E-state index contributed by atoms with van der Waals surface area (Å²) in [6.07, 6.45) is 7.25. The van der Waals surface area contributed by atoms with Crippen LogP contribution >= 0.6 is 0 Å². The summed E-state index contributed by atoms with van der Waals surface area (Å²) < 4.78 is 0. The summed E-state index contributed by atoms with van der Waals surface area (Å²) in [5.74, 6) is 0.0582. The van der Waals surface area contributed by atoms with E-state index in [0.717, 1.165) is 13.0 Å². The van der Waals surface area contributed by atoms with Crippen molar-refractivity contribution in [2.24, 2.45) is 5.41 Å². The second kappa shape index (κ2) is 5.98. The van der Waals surface area contributed by atoms with Gasteiger partial charge in [0.25, 0.3) is 0 Å². The van der Waals surface area contributed by atoms with E-state index in [1.165, 1.54) is 24.8 Å². The number of hydrogen-bond acceptors (Lipinski definition) is 2. The smallest absolute Gasteiger partial charge is 0.245 e.